The van der Waals surface area contributed by atoms with Gasteiger partial charge in [-0.25, -0.2) is 4.79 Å². The van der Waals surface area contributed by atoms with Gasteiger partial charge in [0, 0.05) is 50.7 Å². The van der Waals surface area contributed by atoms with Crippen molar-refractivity contribution < 1.29 is 9.59 Å². The van der Waals surface area contributed by atoms with E-state index in [0.29, 0.717) is 13.1 Å². The maximum absolute atomic E-state index is 12.4. The molecule has 0 radical (unpaired) electrons. The molecule has 0 aromatic carbocycles. The van der Waals surface area contributed by atoms with E-state index in [9.17, 15) is 9.59 Å². The number of rotatable bonds is 4. The van der Waals surface area contributed by atoms with Crippen molar-refractivity contribution in [2.45, 2.75) is 19.5 Å². The largest absolute Gasteiger partial charge is 0.336 e. The lowest BCUT2D eigenvalue weighted by Crippen LogP contribution is -2.54. The van der Waals surface area contributed by atoms with Crippen LogP contribution in [0.15, 0.2) is 15.9 Å². The van der Waals surface area contributed by atoms with E-state index in [2.05, 4.69) is 43.2 Å². The molecule has 3 heterocycles. The number of thiophene rings is 1. The highest BCUT2D eigenvalue weighted by Crippen LogP contribution is 2.23. The molecule has 23 heavy (non-hydrogen) atoms. The molecule has 2 fully saturated rings. The molecule has 6 nitrogen and oxygen atoms in total. The van der Waals surface area contributed by atoms with Gasteiger partial charge in [-0.2, -0.15) is 0 Å². The van der Waals surface area contributed by atoms with Crippen LogP contribution in [0.5, 0.6) is 0 Å². The lowest BCUT2D eigenvalue weighted by Gasteiger charge is -2.37. The Balaban J connectivity index is 1.50. The lowest BCUT2D eigenvalue weighted by molar-refractivity contribution is -0.133. The first-order valence-corrected chi connectivity index (χ1v) is 9.45. The first-order valence-electron chi connectivity index (χ1n) is 7.84. The van der Waals surface area contributed by atoms with Gasteiger partial charge in [0.05, 0.1) is 9.83 Å². The van der Waals surface area contributed by atoms with Gasteiger partial charge in [-0.3, -0.25) is 19.5 Å². The zero-order valence-corrected chi connectivity index (χ0v) is 15.5. The first-order chi connectivity index (χ1) is 11.0. The monoisotopic (exact) mass is 400 g/mol. The van der Waals surface area contributed by atoms with Crippen LogP contribution in [-0.4, -0.2) is 71.9 Å². The first kappa shape index (κ1) is 16.9. The van der Waals surface area contributed by atoms with Gasteiger partial charge in [-0.05, 0) is 35.0 Å². The molecule has 1 aromatic heterocycles. The summed E-state index contributed by atoms with van der Waals surface area (Å²) < 4.78 is 1.16. The maximum atomic E-state index is 12.4. The van der Waals surface area contributed by atoms with Gasteiger partial charge in [0.1, 0.15) is 0 Å². The average molecular weight is 401 g/mol. The van der Waals surface area contributed by atoms with Crippen molar-refractivity contribution in [3.8, 4) is 0 Å². The van der Waals surface area contributed by atoms with Crippen molar-refractivity contribution in [3.63, 3.8) is 0 Å². The van der Waals surface area contributed by atoms with Gasteiger partial charge < -0.3 is 5.32 Å². The van der Waals surface area contributed by atoms with Gasteiger partial charge in [0.15, 0.2) is 0 Å². The summed E-state index contributed by atoms with van der Waals surface area (Å²) in [5.41, 5.74) is 0. The van der Waals surface area contributed by atoms with Crippen LogP contribution in [0.25, 0.3) is 0 Å². The average Bonchev–Trinajstić information content (AvgIpc) is 3.15. The summed E-state index contributed by atoms with van der Waals surface area (Å²) in [7, 11) is 0. The smallest absolute Gasteiger partial charge is 0.324 e. The SMILES string of the molecule is C[C@H](C(=O)N1CCNC1=O)N1CCN(Cc2ccc(Br)s2)CC1. The summed E-state index contributed by atoms with van der Waals surface area (Å²) in [6, 6.07) is 3.73. The number of halogens is 1. The normalized spacial score (nSPS) is 21.5. The minimum Gasteiger partial charge on any atom is -0.336 e. The molecule has 0 saturated carbocycles. The van der Waals surface area contributed by atoms with Crippen LogP contribution in [-0.2, 0) is 11.3 Å². The molecule has 0 spiro atoms. The quantitative estimate of drug-likeness (QED) is 0.833. The number of carbonyl (C=O) groups excluding carboxylic acids is 2. The van der Waals surface area contributed by atoms with Crippen LogP contribution >= 0.6 is 27.3 Å². The van der Waals surface area contributed by atoms with E-state index >= 15 is 0 Å². The number of carbonyl (C=O) groups is 2. The van der Waals surface area contributed by atoms with Gasteiger partial charge in [0.2, 0.25) is 5.91 Å². The third kappa shape index (κ3) is 3.93. The Kier molecular flexibility index (Phi) is 5.35. The molecular formula is C15H21BrN4O2S. The van der Waals surface area contributed by atoms with E-state index in [-0.39, 0.29) is 18.0 Å². The van der Waals surface area contributed by atoms with E-state index < -0.39 is 0 Å². The molecule has 1 aromatic rings. The zero-order chi connectivity index (χ0) is 16.4. The second kappa shape index (κ2) is 7.29. The van der Waals surface area contributed by atoms with Crippen molar-refractivity contribution in [1.82, 2.24) is 20.0 Å². The Labute approximate surface area is 148 Å². The van der Waals surface area contributed by atoms with Crippen LogP contribution in [0.1, 0.15) is 11.8 Å². The summed E-state index contributed by atoms with van der Waals surface area (Å²) in [6.07, 6.45) is 0. The number of urea groups is 1. The molecule has 3 amide bonds. The summed E-state index contributed by atoms with van der Waals surface area (Å²) in [4.78, 5) is 31.3. The molecule has 2 aliphatic rings. The predicted molar refractivity (Wildman–Crippen MR) is 93.4 cm³/mol. The third-order valence-corrected chi connectivity index (χ3v) is 6.05. The predicted octanol–water partition coefficient (Wildman–Crippen LogP) is 1.57. The molecule has 8 heteroatoms. The van der Waals surface area contributed by atoms with Gasteiger partial charge >= 0.3 is 6.03 Å². The van der Waals surface area contributed by atoms with Crippen LogP contribution in [0.3, 0.4) is 0 Å². The van der Waals surface area contributed by atoms with E-state index in [1.165, 1.54) is 9.78 Å². The van der Waals surface area contributed by atoms with Crippen LogP contribution in [0.4, 0.5) is 4.79 Å². The van der Waals surface area contributed by atoms with Crippen molar-refractivity contribution >= 4 is 39.2 Å². The second-order valence-electron chi connectivity index (χ2n) is 5.92. The minimum atomic E-state index is -0.260. The fraction of sp³-hybridized carbons (Fsp3) is 0.600. The number of hydrogen-bond donors (Lipinski definition) is 1. The van der Waals surface area contributed by atoms with E-state index in [1.54, 1.807) is 11.3 Å². The van der Waals surface area contributed by atoms with Gasteiger partial charge in [-0.1, -0.05) is 0 Å². The molecule has 1 atom stereocenters. The number of piperazine rings is 1. The number of amides is 3. The minimum absolute atomic E-state index is 0.0874. The number of nitrogens with zero attached hydrogens (tertiary/aromatic N) is 3. The van der Waals surface area contributed by atoms with Gasteiger partial charge in [-0.15, -0.1) is 11.3 Å². The molecule has 126 valence electrons. The Hall–Kier alpha value is -0.960. The van der Waals surface area contributed by atoms with E-state index in [0.717, 1.165) is 36.5 Å². The van der Waals surface area contributed by atoms with E-state index in [4.69, 9.17) is 0 Å². The van der Waals surface area contributed by atoms with Crippen LogP contribution < -0.4 is 5.32 Å². The lowest BCUT2D eigenvalue weighted by atomic mass is 10.2. The molecule has 2 saturated heterocycles. The Morgan fingerprint density at radius 2 is 2.04 bits per heavy atom. The summed E-state index contributed by atoms with van der Waals surface area (Å²) >= 11 is 5.26. The Bertz CT molecular complexity index is 586. The Morgan fingerprint density at radius 1 is 1.30 bits per heavy atom. The highest BCUT2D eigenvalue weighted by Gasteiger charge is 2.33. The fourth-order valence-corrected chi connectivity index (χ4v) is 4.56. The Morgan fingerprint density at radius 3 is 2.61 bits per heavy atom. The van der Waals surface area contributed by atoms with Gasteiger partial charge in [0.25, 0.3) is 0 Å². The number of imide groups is 1. The topological polar surface area (TPSA) is 55.9 Å². The summed E-state index contributed by atoms with van der Waals surface area (Å²) in [5, 5.41) is 2.68. The number of hydrogen-bond acceptors (Lipinski definition) is 5. The summed E-state index contributed by atoms with van der Waals surface area (Å²) in [5.74, 6) is -0.0874. The molecule has 0 aliphatic carbocycles. The molecule has 0 unspecified atom stereocenters. The van der Waals surface area contributed by atoms with Crippen molar-refractivity contribution in [2.24, 2.45) is 0 Å². The van der Waals surface area contributed by atoms with Crippen molar-refractivity contribution in [2.75, 3.05) is 39.3 Å². The molecular weight excluding hydrogens is 380 g/mol. The maximum Gasteiger partial charge on any atom is 0.324 e. The zero-order valence-electron chi connectivity index (χ0n) is 13.1. The molecule has 1 N–H and O–H groups in total. The molecule has 0 bridgehead atoms. The second-order valence-corrected chi connectivity index (χ2v) is 8.46. The van der Waals surface area contributed by atoms with Crippen molar-refractivity contribution in [3.05, 3.63) is 20.8 Å². The molecule has 3 rings (SSSR count). The molecule has 2 aliphatic heterocycles. The fourth-order valence-electron chi connectivity index (χ4n) is 3.03. The third-order valence-electron chi connectivity index (χ3n) is 4.44. The number of nitrogens with one attached hydrogen (secondary N) is 1. The van der Waals surface area contributed by atoms with E-state index in [1.807, 2.05) is 6.92 Å². The highest BCUT2D eigenvalue weighted by molar-refractivity contribution is 9.11. The van der Waals surface area contributed by atoms with Crippen molar-refractivity contribution in [1.29, 1.82) is 0 Å². The van der Waals surface area contributed by atoms with Crippen LogP contribution in [0.2, 0.25) is 0 Å². The standard InChI is InChI=1S/C15H21BrN4O2S/c1-11(14(21)20-5-4-17-15(20)22)19-8-6-18(7-9-19)10-12-2-3-13(16)23-12/h2-3,11H,4-10H2,1H3,(H,17,22)/t11-/m1/s1. The van der Waals surface area contributed by atoms with Crippen LogP contribution in [0, 0.1) is 0 Å². The highest BCUT2D eigenvalue weighted by atomic mass is 79.9. The summed E-state index contributed by atoms with van der Waals surface area (Å²) in [6.45, 7) is 7.50.